The van der Waals surface area contributed by atoms with Crippen LogP contribution in [0.15, 0.2) is 47.1 Å². The highest BCUT2D eigenvalue weighted by Crippen LogP contribution is 2.36. The van der Waals surface area contributed by atoms with Gasteiger partial charge >= 0.3 is 0 Å². The highest BCUT2D eigenvalue weighted by atomic mass is 32.2. The van der Waals surface area contributed by atoms with Crippen molar-refractivity contribution in [3.8, 4) is 0 Å². The summed E-state index contributed by atoms with van der Waals surface area (Å²) >= 11 is 0. The van der Waals surface area contributed by atoms with Crippen LogP contribution in [0.2, 0.25) is 0 Å². The van der Waals surface area contributed by atoms with Crippen LogP contribution in [-0.2, 0) is 10.0 Å². The van der Waals surface area contributed by atoms with E-state index in [1.165, 1.54) is 0 Å². The molecule has 7 heteroatoms. The van der Waals surface area contributed by atoms with Crippen LogP contribution in [0, 0.1) is 0 Å². The first-order chi connectivity index (χ1) is 11.3. The molecule has 0 bridgehead atoms. The van der Waals surface area contributed by atoms with Gasteiger partial charge in [0.2, 0.25) is 10.0 Å². The van der Waals surface area contributed by atoms with Crippen molar-refractivity contribution in [2.75, 3.05) is 11.0 Å². The summed E-state index contributed by atoms with van der Waals surface area (Å²) in [5.74, 6) is 0.610. The van der Waals surface area contributed by atoms with Crippen molar-refractivity contribution in [1.29, 1.82) is 0 Å². The molecule has 0 aliphatic heterocycles. The number of furan rings is 1. The first kappa shape index (κ1) is 16.6. The molecule has 1 fully saturated rings. The number of hydrogen-bond acceptors (Lipinski definition) is 4. The molecule has 0 saturated heterocycles. The third-order valence-electron chi connectivity index (χ3n) is 3.96. The largest absolute Gasteiger partial charge is 0.467 e. The van der Waals surface area contributed by atoms with Crippen LogP contribution in [0.1, 0.15) is 41.9 Å². The summed E-state index contributed by atoms with van der Waals surface area (Å²) < 4.78 is 30.6. The predicted molar refractivity (Wildman–Crippen MR) is 91.2 cm³/mol. The average molecular weight is 348 g/mol. The smallest absolute Gasteiger partial charge is 0.254 e. The molecule has 1 saturated carbocycles. The topological polar surface area (TPSA) is 79.6 Å². The SMILES string of the molecule is CC(c1ccco1)N(C(=O)c1cccc(NS(C)(=O)=O)c1)C1CC1. The summed E-state index contributed by atoms with van der Waals surface area (Å²) in [6, 6.07) is 10.2. The number of hydrogen-bond donors (Lipinski definition) is 1. The Kier molecular flexibility index (Phi) is 4.36. The molecule has 0 spiro atoms. The zero-order chi connectivity index (χ0) is 17.3. The van der Waals surface area contributed by atoms with Gasteiger partial charge in [-0.1, -0.05) is 6.07 Å². The van der Waals surface area contributed by atoms with E-state index in [1.807, 2.05) is 17.9 Å². The van der Waals surface area contributed by atoms with Crippen molar-refractivity contribution in [1.82, 2.24) is 4.90 Å². The van der Waals surface area contributed by atoms with Crippen LogP contribution in [0.3, 0.4) is 0 Å². The van der Waals surface area contributed by atoms with Gasteiger partial charge in [0.15, 0.2) is 0 Å². The summed E-state index contributed by atoms with van der Waals surface area (Å²) in [5, 5.41) is 0. The lowest BCUT2D eigenvalue weighted by Gasteiger charge is -2.28. The Morgan fingerprint density at radius 1 is 1.29 bits per heavy atom. The minimum atomic E-state index is -3.39. The Morgan fingerprint density at radius 3 is 2.62 bits per heavy atom. The maximum absolute atomic E-state index is 13.0. The van der Waals surface area contributed by atoms with Crippen molar-refractivity contribution >= 4 is 21.6 Å². The maximum Gasteiger partial charge on any atom is 0.254 e. The van der Waals surface area contributed by atoms with Crippen LogP contribution in [0.4, 0.5) is 5.69 Å². The van der Waals surface area contributed by atoms with E-state index in [9.17, 15) is 13.2 Å². The molecule has 1 unspecified atom stereocenters. The molecular formula is C17H20N2O4S. The first-order valence-corrected chi connectivity index (χ1v) is 9.68. The second kappa shape index (κ2) is 6.32. The summed E-state index contributed by atoms with van der Waals surface area (Å²) in [6.45, 7) is 1.94. The van der Waals surface area contributed by atoms with Gasteiger partial charge in [0, 0.05) is 17.3 Å². The Balaban J connectivity index is 1.87. The molecule has 1 aliphatic rings. The zero-order valence-electron chi connectivity index (χ0n) is 13.6. The lowest BCUT2D eigenvalue weighted by molar-refractivity contribution is 0.0653. The molecule has 1 heterocycles. The number of anilines is 1. The van der Waals surface area contributed by atoms with Crippen molar-refractivity contribution in [3.05, 3.63) is 54.0 Å². The third-order valence-corrected chi connectivity index (χ3v) is 4.57. The molecule has 1 N–H and O–H groups in total. The number of carbonyl (C=O) groups excluding carboxylic acids is 1. The van der Waals surface area contributed by atoms with Crippen LogP contribution in [0.25, 0.3) is 0 Å². The fraction of sp³-hybridized carbons (Fsp3) is 0.353. The molecule has 3 rings (SSSR count). The van der Waals surface area contributed by atoms with Crippen LogP contribution in [0.5, 0.6) is 0 Å². The summed E-state index contributed by atoms with van der Waals surface area (Å²) in [7, 11) is -3.39. The van der Waals surface area contributed by atoms with Crippen molar-refractivity contribution in [3.63, 3.8) is 0 Å². The highest BCUT2D eigenvalue weighted by Gasteiger charge is 2.37. The van der Waals surface area contributed by atoms with Crippen molar-refractivity contribution < 1.29 is 17.6 Å². The Labute approximate surface area is 141 Å². The standard InChI is InChI=1S/C17H20N2O4S/c1-12(16-7-4-10-23-16)19(15-8-9-15)17(20)13-5-3-6-14(11-13)18-24(2,21)22/h3-7,10-12,15,18H,8-9H2,1-2H3. The third kappa shape index (κ3) is 3.79. The second-order valence-electron chi connectivity index (χ2n) is 6.09. The van der Waals surface area contributed by atoms with E-state index in [-0.39, 0.29) is 18.0 Å². The number of carbonyl (C=O) groups is 1. The van der Waals surface area contributed by atoms with E-state index in [0.717, 1.165) is 24.9 Å². The van der Waals surface area contributed by atoms with Gasteiger partial charge < -0.3 is 9.32 Å². The van der Waals surface area contributed by atoms with Gasteiger partial charge in [-0.3, -0.25) is 9.52 Å². The van der Waals surface area contributed by atoms with E-state index >= 15 is 0 Å². The molecule has 1 aromatic heterocycles. The molecule has 24 heavy (non-hydrogen) atoms. The van der Waals surface area contributed by atoms with Crippen molar-refractivity contribution in [2.45, 2.75) is 31.8 Å². The van der Waals surface area contributed by atoms with Gasteiger partial charge in [-0.25, -0.2) is 8.42 Å². The molecule has 1 atom stereocenters. The fourth-order valence-electron chi connectivity index (χ4n) is 2.76. The molecule has 0 radical (unpaired) electrons. The summed E-state index contributed by atoms with van der Waals surface area (Å²) in [5.41, 5.74) is 0.832. The summed E-state index contributed by atoms with van der Waals surface area (Å²) in [6.07, 6.45) is 4.62. The molecule has 6 nitrogen and oxygen atoms in total. The molecular weight excluding hydrogens is 328 g/mol. The maximum atomic E-state index is 13.0. The fourth-order valence-corrected chi connectivity index (χ4v) is 3.31. The second-order valence-corrected chi connectivity index (χ2v) is 7.84. The zero-order valence-corrected chi connectivity index (χ0v) is 14.4. The number of benzene rings is 1. The van der Waals surface area contributed by atoms with E-state index in [0.29, 0.717) is 11.3 Å². The average Bonchev–Trinajstić information content (AvgIpc) is 3.18. The van der Waals surface area contributed by atoms with Crippen LogP contribution >= 0.6 is 0 Å². The van der Waals surface area contributed by atoms with Gasteiger partial charge in [0.05, 0.1) is 18.6 Å². The summed E-state index contributed by atoms with van der Waals surface area (Å²) in [4.78, 5) is 14.8. The monoisotopic (exact) mass is 348 g/mol. The van der Waals surface area contributed by atoms with Gasteiger partial charge in [0.1, 0.15) is 5.76 Å². The number of amides is 1. The lowest BCUT2D eigenvalue weighted by atomic mass is 10.1. The van der Waals surface area contributed by atoms with E-state index in [4.69, 9.17) is 4.42 Å². The molecule has 1 aromatic carbocycles. The first-order valence-electron chi connectivity index (χ1n) is 7.79. The molecule has 128 valence electrons. The Hall–Kier alpha value is -2.28. The minimum absolute atomic E-state index is 0.126. The molecule has 1 amide bonds. The van der Waals surface area contributed by atoms with E-state index in [2.05, 4.69) is 4.72 Å². The predicted octanol–water partition coefficient (Wildman–Crippen LogP) is 3.02. The van der Waals surface area contributed by atoms with Crippen LogP contribution < -0.4 is 4.72 Å². The van der Waals surface area contributed by atoms with Gasteiger partial charge in [-0.05, 0) is 50.1 Å². The minimum Gasteiger partial charge on any atom is -0.467 e. The van der Waals surface area contributed by atoms with Gasteiger partial charge in [-0.15, -0.1) is 0 Å². The Bertz CT molecular complexity index is 826. The van der Waals surface area contributed by atoms with E-state index < -0.39 is 10.0 Å². The van der Waals surface area contributed by atoms with Crippen molar-refractivity contribution in [2.24, 2.45) is 0 Å². The number of sulfonamides is 1. The lowest BCUT2D eigenvalue weighted by Crippen LogP contribution is -2.35. The number of nitrogens with one attached hydrogen (secondary N) is 1. The molecule has 1 aliphatic carbocycles. The van der Waals surface area contributed by atoms with Gasteiger partial charge in [0.25, 0.3) is 5.91 Å². The van der Waals surface area contributed by atoms with Crippen LogP contribution in [-0.4, -0.2) is 31.5 Å². The molecule has 2 aromatic rings. The Morgan fingerprint density at radius 2 is 2.04 bits per heavy atom. The number of rotatable bonds is 6. The number of nitrogens with zero attached hydrogens (tertiary/aromatic N) is 1. The highest BCUT2D eigenvalue weighted by molar-refractivity contribution is 7.92. The van der Waals surface area contributed by atoms with E-state index in [1.54, 1.807) is 36.6 Å². The normalized spacial score (nSPS) is 15.8. The van der Waals surface area contributed by atoms with Gasteiger partial charge in [-0.2, -0.15) is 0 Å². The quantitative estimate of drug-likeness (QED) is 0.870.